The number of aromatic nitrogens is 1. The summed E-state index contributed by atoms with van der Waals surface area (Å²) in [4.78, 5) is 4.21. The molecule has 0 bridgehead atoms. The number of nitrogens with zero attached hydrogens (tertiary/aromatic N) is 1. The molecule has 2 aromatic rings. The fourth-order valence-electron chi connectivity index (χ4n) is 2.45. The Bertz CT molecular complexity index is 667. The first-order valence-electron chi connectivity index (χ1n) is 6.45. The van der Waals surface area contributed by atoms with Crippen molar-refractivity contribution in [2.45, 2.75) is 12.8 Å². The summed E-state index contributed by atoms with van der Waals surface area (Å²) < 4.78 is 24.4. The number of ether oxygens (including phenoxy) is 2. The number of aryl methyl sites for hydroxylation is 1. The van der Waals surface area contributed by atoms with E-state index in [1.54, 1.807) is 12.3 Å². The Balaban J connectivity index is 2.09. The lowest BCUT2D eigenvalue weighted by Gasteiger charge is -2.28. The molecule has 108 valence electrons. The summed E-state index contributed by atoms with van der Waals surface area (Å²) in [5, 5.41) is 7.20. The SMILES string of the molecule is Cc1cc2c(cn1)Oc1ccc(F)cc1C2COC(=N)N. The molecule has 2 heterocycles. The molecule has 1 atom stereocenters. The van der Waals surface area contributed by atoms with E-state index in [4.69, 9.17) is 20.6 Å². The third-order valence-electron chi connectivity index (χ3n) is 3.38. The van der Waals surface area contributed by atoms with Crippen LogP contribution in [0.3, 0.4) is 0 Å². The van der Waals surface area contributed by atoms with Crippen molar-refractivity contribution in [3.05, 3.63) is 53.1 Å². The van der Waals surface area contributed by atoms with Crippen LogP contribution in [0, 0.1) is 18.2 Å². The lowest BCUT2D eigenvalue weighted by molar-refractivity contribution is 0.274. The third-order valence-corrected chi connectivity index (χ3v) is 3.38. The fourth-order valence-corrected chi connectivity index (χ4v) is 2.45. The summed E-state index contributed by atoms with van der Waals surface area (Å²) in [5.41, 5.74) is 7.60. The number of benzene rings is 1. The lowest BCUT2D eigenvalue weighted by Crippen LogP contribution is -2.22. The van der Waals surface area contributed by atoms with Gasteiger partial charge in [-0.05, 0) is 31.2 Å². The van der Waals surface area contributed by atoms with E-state index in [-0.39, 0.29) is 24.4 Å². The Morgan fingerprint density at radius 3 is 2.90 bits per heavy atom. The van der Waals surface area contributed by atoms with Crippen molar-refractivity contribution in [2.24, 2.45) is 5.73 Å². The van der Waals surface area contributed by atoms with Gasteiger partial charge in [-0.25, -0.2) is 4.39 Å². The maximum Gasteiger partial charge on any atom is 0.279 e. The zero-order valence-electron chi connectivity index (χ0n) is 11.4. The molecule has 1 aliphatic heterocycles. The minimum Gasteiger partial charge on any atom is -0.465 e. The summed E-state index contributed by atoms with van der Waals surface area (Å²) in [6, 6.07) is 5.84. The minimum absolute atomic E-state index is 0.144. The first-order valence-corrected chi connectivity index (χ1v) is 6.45. The molecule has 0 amide bonds. The van der Waals surface area contributed by atoms with Gasteiger partial charge in [-0.3, -0.25) is 10.4 Å². The molecule has 0 spiro atoms. The number of nitrogens with two attached hydrogens (primary N) is 1. The monoisotopic (exact) mass is 287 g/mol. The second-order valence-corrected chi connectivity index (χ2v) is 4.88. The van der Waals surface area contributed by atoms with Crippen LogP contribution in [0.25, 0.3) is 0 Å². The number of hydrogen-bond acceptors (Lipinski definition) is 4. The van der Waals surface area contributed by atoms with E-state index in [1.807, 2.05) is 13.0 Å². The normalized spacial score (nSPS) is 15.6. The average Bonchev–Trinajstić information content (AvgIpc) is 2.44. The Hall–Kier alpha value is -2.63. The van der Waals surface area contributed by atoms with E-state index < -0.39 is 0 Å². The number of nitrogens with one attached hydrogen (secondary N) is 1. The lowest BCUT2D eigenvalue weighted by atomic mass is 9.89. The first kappa shape index (κ1) is 13.4. The van der Waals surface area contributed by atoms with Gasteiger partial charge in [0, 0.05) is 16.8 Å². The molecule has 0 saturated heterocycles. The summed E-state index contributed by atoms with van der Waals surface area (Å²) in [7, 11) is 0. The Morgan fingerprint density at radius 1 is 1.38 bits per heavy atom. The number of pyridine rings is 1. The second-order valence-electron chi connectivity index (χ2n) is 4.88. The molecule has 3 rings (SSSR count). The molecule has 0 aliphatic carbocycles. The van der Waals surface area contributed by atoms with Crippen LogP contribution in [0.2, 0.25) is 0 Å². The van der Waals surface area contributed by atoms with Crippen LogP contribution in [-0.2, 0) is 4.74 Å². The molecule has 5 nitrogen and oxygen atoms in total. The van der Waals surface area contributed by atoms with Gasteiger partial charge in [0.25, 0.3) is 6.02 Å². The van der Waals surface area contributed by atoms with E-state index in [2.05, 4.69) is 4.98 Å². The predicted molar refractivity (Wildman–Crippen MR) is 75.2 cm³/mol. The van der Waals surface area contributed by atoms with Crippen molar-refractivity contribution in [3.63, 3.8) is 0 Å². The number of hydrogen-bond donors (Lipinski definition) is 2. The van der Waals surface area contributed by atoms with E-state index in [0.29, 0.717) is 17.1 Å². The minimum atomic E-state index is -0.369. The van der Waals surface area contributed by atoms with Crippen LogP contribution in [0.4, 0.5) is 4.39 Å². The highest BCUT2D eigenvalue weighted by Gasteiger charge is 2.29. The van der Waals surface area contributed by atoms with E-state index in [9.17, 15) is 4.39 Å². The van der Waals surface area contributed by atoms with E-state index in [1.165, 1.54) is 12.1 Å². The van der Waals surface area contributed by atoms with Crippen LogP contribution in [0.5, 0.6) is 11.5 Å². The molecule has 3 N–H and O–H groups in total. The van der Waals surface area contributed by atoms with Crippen molar-refractivity contribution >= 4 is 6.02 Å². The molecule has 0 radical (unpaired) electrons. The van der Waals surface area contributed by atoms with Gasteiger partial charge < -0.3 is 15.2 Å². The van der Waals surface area contributed by atoms with Gasteiger partial charge in [0.2, 0.25) is 0 Å². The van der Waals surface area contributed by atoms with Crippen LogP contribution in [0.1, 0.15) is 22.7 Å². The first-order chi connectivity index (χ1) is 10.0. The summed E-state index contributed by atoms with van der Waals surface area (Å²) in [6.45, 7) is 2.01. The summed E-state index contributed by atoms with van der Waals surface area (Å²) >= 11 is 0. The quantitative estimate of drug-likeness (QED) is 0.657. The van der Waals surface area contributed by atoms with Gasteiger partial charge in [0.05, 0.1) is 12.1 Å². The van der Waals surface area contributed by atoms with Crippen molar-refractivity contribution in [1.82, 2.24) is 4.98 Å². The van der Waals surface area contributed by atoms with Gasteiger partial charge in [-0.1, -0.05) is 0 Å². The standard InChI is InChI=1S/C15H14FN3O2/c1-8-4-10-12(7-20-15(17)18)11-5-9(16)2-3-13(11)21-14(10)6-19-8/h2-6,12H,7H2,1H3,(H3,17,18). The molecule has 0 fully saturated rings. The van der Waals surface area contributed by atoms with Gasteiger partial charge in [-0.15, -0.1) is 0 Å². The molecule has 1 unspecified atom stereocenters. The van der Waals surface area contributed by atoms with Gasteiger partial charge in [-0.2, -0.15) is 0 Å². The Morgan fingerprint density at radius 2 is 2.14 bits per heavy atom. The largest absolute Gasteiger partial charge is 0.465 e. The zero-order chi connectivity index (χ0) is 15.0. The number of halogens is 1. The summed E-state index contributed by atoms with van der Waals surface area (Å²) in [5.74, 6) is 0.563. The highest BCUT2D eigenvalue weighted by Crippen LogP contribution is 2.44. The second kappa shape index (κ2) is 5.05. The number of amidine groups is 1. The molecule has 6 heteroatoms. The van der Waals surface area contributed by atoms with Crippen molar-refractivity contribution in [3.8, 4) is 11.5 Å². The van der Waals surface area contributed by atoms with Crippen LogP contribution < -0.4 is 10.5 Å². The van der Waals surface area contributed by atoms with E-state index in [0.717, 1.165) is 11.3 Å². The molecule has 1 aromatic carbocycles. The maximum atomic E-state index is 13.5. The van der Waals surface area contributed by atoms with Gasteiger partial charge >= 0.3 is 0 Å². The predicted octanol–water partition coefficient (Wildman–Crippen LogP) is 2.68. The smallest absolute Gasteiger partial charge is 0.279 e. The summed E-state index contributed by atoms with van der Waals surface area (Å²) in [6.07, 6.45) is 1.64. The Labute approximate surface area is 121 Å². The number of fused-ring (bicyclic) bond motifs is 2. The highest BCUT2D eigenvalue weighted by atomic mass is 19.1. The van der Waals surface area contributed by atoms with E-state index >= 15 is 0 Å². The molecule has 0 saturated carbocycles. The van der Waals surface area contributed by atoms with Crippen molar-refractivity contribution in [1.29, 1.82) is 5.41 Å². The fraction of sp³-hybridized carbons (Fsp3) is 0.200. The van der Waals surface area contributed by atoms with Crippen molar-refractivity contribution in [2.75, 3.05) is 6.61 Å². The Kier molecular flexibility index (Phi) is 3.21. The molecule has 1 aliphatic rings. The van der Waals surface area contributed by atoms with Crippen LogP contribution in [-0.4, -0.2) is 17.6 Å². The maximum absolute atomic E-state index is 13.5. The molecular formula is C15H14FN3O2. The highest BCUT2D eigenvalue weighted by molar-refractivity contribution is 5.67. The van der Waals surface area contributed by atoms with Crippen LogP contribution >= 0.6 is 0 Å². The average molecular weight is 287 g/mol. The number of rotatable bonds is 2. The van der Waals surface area contributed by atoms with Crippen molar-refractivity contribution < 1.29 is 13.9 Å². The van der Waals surface area contributed by atoms with Gasteiger partial charge in [0.15, 0.2) is 0 Å². The third kappa shape index (κ3) is 2.52. The topological polar surface area (TPSA) is 81.2 Å². The molecular weight excluding hydrogens is 273 g/mol. The molecule has 21 heavy (non-hydrogen) atoms. The molecule has 1 aromatic heterocycles. The zero-order valence-corrected chi connectivity index (χ0v) is 11.4. The van der Waals surface area contributed by atoms with Gasteiger partial charge in [0.1, 0.15) is 23.9 Å². The van der Waals surface area contributed by atoms with Crippen LogP contribution in [0.15, 0.2) is 30.5 Å².